The molecule has 0 unspecified atom stereocenters. The predicted molar refractivity (Wildman–Crippen MR) is 84.9 cm³/mol. The van der Waals surface area contributed by atoms with Gasteiger partial charge in [0.15, 0.2) is 0 Å². The Morgan fingerprint density at radius 1 is 1.16 bits per heavy atom. The standard InChI is InChI=1S/C9H5NO3S6/c11-3(12)1-2-10-4-6(13)16-18-8(4)15-9-5(10)7(14)17-19-9/h1-2H2,(H,11,12). The van der Waals surface area contributed by atoms with E-state index < -0.39 is 5.97 Å². The molecular formula is C9H5NO3S6. The van der Waals surface area contributed by atoms with E-state index in [2.05, 4.69) is 0 Å². The average Bonchev–Trinajstić information content (AvgIpc) is 2.91. The summed E-state index contributed by atoms with van der Waals surface area (Å²) < 4.78 is 2.70. The molecule has 0 saturated heterocycles. The molecule has 0 spiro atoms. The Hall–Kier alpha value is -0.260. The number of aliphatic carboxylic acids is 1. The molecule has 0 radical (unpaired) electrons. The summed E-state index contributed by atoms with van der Waals surface area (Å²) in [5.74, 6) is -0.877. The summed E-state index contributed by atoms with van der Waals surface area (Å²) in [5.41, 5.74) is 1.44. The van der Waals surface area contributed by atoms with E-state index in [1.165, 1.54) is 31.0 Å². The monoisotopic (exact) mass is 367 g/mol. The number of fused-ring (bicyclic) bond motifs is 2. The zero-order valence-electron chi connectivity index (χ0n) is 9.07. The zero-order chi connectivity index (χ0) is 13.6. The molecule has 4 nitrogen and oxygen atoms in total. The molecule has 0 aromatic carbocycles. The third-order valence-corrected chi connectivity index (χ3v) is 9.58. The largest absolute Gasteiger partial charge is 0.481 e. The normalized spacial score (nSPS) is 13.2. The molecule has 2 aromatic rings. The van der Waals surface area contributed by atoms with Crippen LogP contribution in [0, 0.1) is 3.82 Å². The topological polar surface area (TPSA) is 57.6 Å². The van der Waals surface area contributed by atoms with Crippen LogP contribution in [0.1, 0.15) is 6.42 Å². The molecular weight excluding hydrogens is 363 g/mol. The Labute approximate surface area is 131 Å². The Morgan fingerprint density at radius 3 is 2.58 bits per heavy atom. The van der Waals surface area contributed by atoms with Crippen molar-refractivity contribution in [3.8, 4) is 0 Å². The molecule has 0 aliphatic carbocycles. The van der Waals surface area contributed by atoms with Crippen LogP contribution in [0.5, 0.6) is 0 Å². The van der Waals surface area contributed by atoms with E-state index in [0.717, 1.165) is 17.9 Å². The Balaban J connectivity index is 2.12. The summed E-state index contributed by atoms with van der Waals surface area (Å²) >= 11 is 6.87. The molecule has 3 heterocycles. The van der Waals surface area contributed by atoms with Gasteiger partial charge in [0.2, 0.25) is 0 Å². The molecule has 0 bridgehead atoms. The van der Waals surface area contributed by atoms with Crippen molar-refractivity contribution in [1.82, 2.24) is 0 Å². The van der Waals surface area contributed by atoms with Crippen molar-refractivity contribution in [3.63, 3.8) is 0 Å². The van der Waals surface area contributed by atoms with Crippen molar-refractivity contribution >= 4 is 82.7 Å². The molecule has 0 fully saturated rings. The van der Waals surface area contributed by atoms with Gasteiger partial charge >= 0.3 is 5.97 Å². The maximum Gasteiger partial charge on any atom is 0.305 e. The first-order valence-electron chi connectivity index (χ1n) is 5.01. The molecule has 0 amide bonds. The van der Waals surface area contributed by atoms with Gasteiger partial charge in [0.25, 0.3) is 4.74 Å². The quantitative estimate of drug-likeness (QED) is 0.651. The molecule has 10 heteroatoms. The molecule has 1 N–H and O–H groups in total. The van der Waals surface area contributed by atoms with Crippen molar-refractivity contribution in [1.29, 1.82) is 0 Å². The van der Waals surface area contributed by atoms with Crippen molar-refractivity contribution in [3.05, 3.63) is 13.4 Å². The number of nitrogens with zero attached hydrogens (tertiary/aromatic N) is 1. The summed E-state index contributed by atoms with van der Waals surface area (Å²) in [4.78, 5) is 24.5. The second kappa shape index (κ2) is 5.26. The molecule has 0 atom stereocenters. The van der Waals surface area contributed by atoms with Gasteiger partial charge in [0.05, 0.1) is 12.1 Å². The summed E-state index contributed by atoms with van der Waals surface area (Å²) in [6.45, 7) is 0.279. The van der Waals surface area contributed by atoms with Gasteiger partial charge in [-0.05, 0) is 10.3 Å². The molecule has 1 aliphatic heterocycles. The van der Waals surface area contributed by atoms with Crippen LogP contribution in [0.2, 0.25) is 0 Å². The highest BCUT2D eigenvalue weighted by Crippen LogP contribution is 2.54. The number of anilines is 2. The number of carboxylic acid groups (broad SMARTS) is 1. The smallest absolute Gasteiger partial charge is 0.305 e. The van der Waals surface area contributed by atoms with E-state index in [9.17, 15) is 9.59 Å². The number of hydrogen-bond acceptors (Lipinski definition) is 9. The lowest BCUT2D eigenvalue weighted by atomic mass is 10.3. The van der Waals surface area contributed by atoms with Gasteiger partial charge < -0.3 is 10.0 Å². The maximum atomic E-state index is 12.0. The van der Waals surface area contributed by atoms with Gasteiger partial charge in [-0.15, -0.1) is 0 Å². The zero-order valence-corrected chi connectivity index (χ0v) is 14.0. The van der Waals surface area contributed by atoms with E-state index in [1.807, 2.05) is 0 Å². The van der Waals surface area contributed by atoms with Crippen LogP contribution in [0.4, 0.5) is 11.4 Å². The van der Waals surface area contributed by atoms with Crippen LogP contribution in [0.3, 0.4) is 0 Å². The summed E-state index contributed by atoms with van der Waals surface area (Å²) in [5, 5.41) is 8.85. The number of rotatable bonds is 3. The first kappa shape index (κ1) is 13.7. The van der Waals surface area contributed by atoms with E-state index in [-0.39, 0.29) is 17.7 Å². The van der Waals surface area contributed by atoms with Crippen LogP contribution in [-0.2, 0) is 4.79 Å². The number of hydrogen-bond donors (Lipinski definition) is 1. The van der Waals surface area contributed by atoms with Gasteiger partial charge in [-0.1, -0.05) is 55.0 Å². The van der Waals surface area contributed by atoms with Crippen molar-refractivity contribution in [2.45, 2.75) is 14.8 Å². The Kier molecular flexibility index (Phi) is 3.80. The highest BCUT2D eigenvalue weighted by atomic mass is 32.9. The lowest BCUT2D eigenvalue weighted by Crippen LogP contribution is -2.26. The summed E-state index contributed by atoms with van der Waals surface area (Å²) in [6, 6.07) is 0. The minimum absolute atomic E-state index is 0.0151. The van der Waals surface area contributed by atoms with E-state index >= 15 is 0 Å². The Morgan fingerprint density at radius 2 is 1.84 bits per heavy atom. The fourth-order valence-corrected chi connectivity index (χ4v) is 8.83. The second-order valence-electron chi connectivity index (χ2n) is 3.58. The van der Waals surface area contributed by atoms with E-state index in [1.54, 1.807) is 27.0 Å². The third kappa shape index (κ3) is 2.41. The first-order valence-corrected chi connectivity index (χ1v) is 10.5. The second-order valence-corrected chi connectivity index (χ2v) is 10.0. The summed E-state index contributed by atoms with van der Waals surface area (Å²) in [6.07, 6.45) is -0.0151. The van der Waals surface area contributed by atoms with Crippen LogP contribution < -0.4 is 9.64 Å². The lowest BCUT2D eigenvalue weighted by molar-refractivity contribution is -0.136. The van der Waals surface area contributed by atoms with Crippen molar-refractivity contribution < 1.29 is 9.90 Å². The van der Waals surface area contributed by atoms with Crippen LogP contribution in [0.25, 0.3) is 0 Å². The predicted octanol–water partition coefficient (Wildman–Crippen LogP) is 4.10. The third-order valence-electron chi connectivity index (χ3n) is 2.43. The summed E-state index contributed by atoms with van der Waals surface area (Å²) in [7, 11) is 5.71. The molecule has 2 aromatic heterocycles. The van der Waals surface area contributed by atoms with Gasteiger partial charge in [0.1, 0.15) is 17.9 Å². The molecule has 1 aliphatic rings. The lowest BCUT2D eigenvalue weighted by Gasteiger charge is -2.26. The van der Waals surface area contributed by atoms with Gasteiger partial charge in [-0.25, -0.2) is 0 Å². The highest BCUT2D eigenvalue weighted by molar-refractivity contribution is 8.06. The van der Waals surface area contributed by atoms with E-state index in [0.29, 0.717) is 5.69 Å². The fourth-order valence-electron chi connectivity index (χ4n) is 1.67. The molecule has 3 rings (SSSR count). The fraction of sp³-hybridized carbons (Fsp3) is 0.222. The number of carboxylic acids is 1. The average molecular weight is 368 g/mol. The van der Waals surface area contributed by atoms with E-state index in [4.69, 9.17) is 17.3 Å². The Bertz CT molecular complexity index is 698. The first-order chi connectivity index (χ1) is 9.08. The van der Waals surface area contributed by atoms with Gasteiger partial charge in [-0.3, -0.25) is 9.59 Å². The highest BCUT2D eigenvalue weighted by Gasteiger charge is 2.30. The van der Waals surface area contributed by atoms with Crippen LogP contribution >= 0.6 is 65.3 Å². The van der Waals surface area contributed by atoms with Gasteiger partial charge in [-0.2, -0.15) is 0 Å². The van der Waals surface area contributed by atoms with Crippen molar-refractivity contribution in [2.24, 2.45) is 0 Å². The van der Waals surface area contributed by atoms with Crippen LogP contribution in [0.15, 0.2) is 13.2 Å². The SMILES string of the molecule is O=C(O)CCN1c2c(ssc2=O)Sc2ssc(=S)c21. The maximum absolute atomic E-state index is 12.0. The molecule has 100 valence electrons. The van der Waals surface area contributed by atoms with Crippen molar-refractivity contribution in [2.75, 3.05) is 11.4 Å². The molecule has 19 heavy (non-hydrogen) atoms. The minimum atomic E-state index is -0.877. The molecule has 0 saturated carbocycles. The van der Waals surface area contributed by atoms with Gasteiger partial charge in [0, 0.05) is 6.54 Å². The minimum Gasteiger partial charge on any atom is -0.481 e. The number of carbonyl (C=O) groups is 1. The van der Waals surface area contributed by atoms with Crippen LogP contribution in [-0.4, -0.2) is 17.6 Å².